The zero-order valence-electron chi connectivity index (χ0n) is 15.4. The van der Waals surface area contributed by atoms with Crippen LogP contribution in [0.5, 0.6) is 0 Å². The number of rotatable bonds is 10. The van der Waals surface area contributed by atoms with E-state index in [2.05, 4.69) is 56.7 Å². The number of ether oxygens (including phenoxy) is 2. The maximum atomic E-state index is 5.62. The molecule has 0 aliphatic heterocycles. The van der Waals surface area contributed by atoms with Crippen LogP contribution in [-0.2, 0) is 29.2 Å². The van der Waals surface area contributed by atoms with Gasteiger partial charge in [-0.25, -0.2) is 0 Å². The predicted octanol–water partition coefficient (Wildman–Crippen LogP) is 3.78. The van der Waals surface area contributed by atoms with Crippen LogP contribution in [0.4, 0.5) is 0 Å². The summed E-state index contributed by atoms with van der Waals surface area (Å²) >= 11 is 1.70. The minimum atomic E-state index is 0. The van der Waals surface area contributed by atoms with Gasteiger partial charge in [-0.15, -0.1) is 24.0 Å². The number of nitrogens with zero attached hydrogens (tertiary/aromatic N) is 1. The Balaban J connectivity index is 0.00000338. The van der Waals surface area contributed by atoms with Crippen LogP contribution in [0.1, 0.15) is 23.6 Å². The van der Waals surface area contributed by atoms with E-state index in [9.17, 15) is 0 Å². The van der Waals surface area contributed by atoms with Gasteiger partial charge in [0.2, 0.25) is 0 Å². The van der Waals surface area contributed by atoms with Gasteiger partial charge in [-0.3, -0.25) is 4.99 Å². The quantitative estimate of drug-likeness (QED) is 0.231. The summed E-state index contributed by atoms with van der Waals surface area (Å²) in [6.45, 7) is 6.07. The van der Waals surface area contributed by atoms with E-state index in [-0.39, 0.29) is 24.0 Å². The SMILES string of the molecule is CCOCCOCc1cccc(CNC(=NC)NCc2ccsc2)c1.I. The van der Waals surface area contributed by atoms with E-state index in [0.29, 0.717) is 19.8 Å². The van der Waals surface area contributed by atoms with Crippen LogP contribution in [0.15, 0.2) is 46.1 Å². The fourth-order valence-corrected chi connectivity index (χ4v) is 2.94. The van der Waals surface area contributed by atoms with Gasteiger partial charge in [-0.05, 0) is 40.4 Å². The molecule has 2 N–H and O–H groups in total. The second-order valence-corrected chi connectivity index (χ2v) is 6.26. The molecule has 0 aliphatic rings. The third-order valence-electron chi connectivity index (χ3n) is 3.56. The molecule has 0 radical (unpaired) electrons. The molecule has 0 amide bonds. The molecular weight excluding hydrogens is 461 g/mol. The van der Waals surface area contributed by atoms with Gasteiger partial charge < -0.3 is 20.1 Å². The van der Waals surface area contributed by atoms with Crippen molar-refractivity contribution in [1.29, 1.82) is 0 Å². The maximum absolute atomic E-state index is 5.62. The highest BCUT2D eigenvalue weighted by molar-refractivity contribution is 14.0. The highest BCUT2D eigenvalue weighted by Gasteiger charge is 2.01. The molecule has 1 heterocycles. The fraction of sp³-hybridized carbons (Fsp3) is 0.421. The van der Waals surface area contributed by atoms with Gasteiger partial charge in [0, 0.05) is 26.7 Å². The van der Waals surface area contributed by atoms with E-state index in [1.165, 1.54) is 11.1 Å². The van der Waals surface area contributed by atoms with Crippen molar-refractivity contribution in [2.75, 3.05) is 26.9 Å². The number of nitrogens with one attached hydrogen (secondary N) is 2. The smallest absolute Gasteiger partial charge is 0.191 e. The minimum Gasteiger partial charge on any atom is -0.379 e. The van der Waals surface area contributed by atoms with Crippen molar-refractivity contribution >= 4 is 41.3 Å². The van der Waals surface area contributed by atoms with Crippen molar-refractivity contribution in [1.82, 2.24) is 10.6 Å². The monoisotopic (exact) mass is 489 g/mol. The molecule has 7 heteroatoms. The number of hydrogen-bond acceptors (Lipinski definition) is 4. The first-order chi connectivity index (χ1) is 12.3. The molecule has 0 unspecified atom stereocenters. The number of aliphatic imine (C=N–C) groups is 1. The normalized spacial score (nSPS) is 11.1. The molecule has 26 heavy (non-hydrogen) atoms. The number of guanidine groups is 1. The van der Waals surface area contributed by atoms with Crippen molar-refractivity contribution in [2.45, 2.75) is 26.6 Å². The first-order valence-electron chi connectivity index (χ1n) is 8.50. The van der Waals surface area contributed by atoms with E-state index in [1.807, 2.05) is 6.92 Å². The first-order valence-corrected chi connectivity index (χ1v) is 9.45. The molecule has 144 valence electrons. The van der Waals surface area contributed by atoms with E-state index in [1.54, 1.807) is 18.4 Å². The van der Waals surface area contributed by atoms with Gasteiger partial charge in [-0.2, -0.15) is 11.3 Å². The first kappa shape index (κ1) is 22.9. The largest absolute Gasteiger partial charge is 0.379 e. The van der Waals surface area contributed by atoms with Crippen LogP contribution in [0, 0.1) is 0 Å². The van der Waals surface area contributed by atoms with Crippen molar-refractivity contribution in [3.63, 3.8) is 0 Å². The molecule has 0 bridgehead atoms. The average Bonchev–Trinajstić information content (AvgIpc) is 3.16. The second kappa shape index (κ2) is 14.0. The summed E-state index contributed by atoms with van der Waals surface area (Å²) in [7, 11) is 1.78. The van der Waals surface area contributed by atoms with Crippen LogP contribution < -0.4 is 10.6 Å². The van der Waals surface area contributed by atoms with Crippen LogP contribution in [0.2, 0.25) is 0 Å². The third kappa shape index (κ3) is 8.98. The zero-order chi connectivity index (χ0) is 17.7. The Labute approximate surface area is 177 Å². The minimum absolute atomic E-state index is 0. The summed E-state index contributed by atoms with van der Waals surface area (Å²) in [5.41, 5.74) is 3.63. The summed E-state index contributed by atoms with van der Waals surface area (Å²) in [4.78, 5) is 4.26. The lowest BCUT2D eigenvalue weighted by Gasteiger charge is -2.12. The maximum Gasteiger partial charge on any atom is 0.191 e. The van der Waals surface area contributed by atoms with Gasteiger partial charge in [0.25, 0.3) is 0 Å². The van der Waals surface area contributed by atoms with Gasteiger partial charge >= 0.3 is 0 Å². The van der Waals surface area contributed by atoms with Gasteiger partial charge in [0.05, 0.1) is 19.8 Å². The second-order valence-electron chi connectivity index (χ2n) is 5.48. The summed E-state index contributed by atoms with van der Waals surface area (Å²) in [5.74, 6) is 0.796. The van der Waals surface area contributed by atoms with E-state index < -0.39 is 0 Å². The summed E-state index contributed by atoms with van der Waals surface area (Å²) in [5, 5.41) is 10.9. The van der Waals surface area contributed by atoms with Crippen molar-refractivity contribution < 1.29 is 9.47 Å². The Kier molecular flexibility index (Phi) is 12.3. The van der Waals surface area contributed by atoms with Crippen LogP contribution in [-0.4, -0.2) is 32.8 Å². The number of halogens is 1. The molecule has 0 atom stereocenters. The molecule has 2 aromatic rings. The molecule has 0 saturated heterocycles. The predicted molar refractivity (Wildman–Crippen MR) is 119 cm³/mol. The summed E-state index contributed by atoms with van der Waals surface area (Å²) in [6, 6.07) is 10.5. The fourth-order valence-electron chi connectivity index (χ4n) is 2.27. The topological polar surface area (TPSA) is 54.9 Å². The van der Waals surface area contributed by atoms with Crippen LogP contribution in [0.3, 0.4) is 0 Å². The highest BCUT2D eigenvalue weighted by Crippen LogP contribution is 2.07. The van der Waals surface area contributed by atoms with Crippen LogP contribution in [0.25, 0.3) is 0 Å². The third-order valence-corrected chi connectivity index (χ3v) is 4.29. The summed E-state index contributed by atoms with van der Waals surface area (Å²) < 4.78 is 10.9. The van der Waals surface area contributed by atoms with Crippen molar-refractivity contribution in [3.8, 4) is 0 Å². The lowest BCUT2D eigenvalue weighted by atomic mass is 10.1. The lowest BCUT2D eigenvalue weighted by molar-refractivity contribution is 0.0453. The lowest BCUT2D eigenvalue weighted by Crippen LogP contribution is -2.36. The van der Waals surface area contributed by atoms with E-state index in [4.69, 9.17) is 9.47 Å². The van der Waals surface area contributed by atoms with Gasteiger partial charge in [0.15, 0.2) is 5.96 Å². The zero-order valence-corrected chi connectivity index (χ0v) is 18.5. The molecule has 0 fully saturated rings. The number of thiophene rings is 1. The van der Waals surface area contributed by atoms with Gasteiger partial charge in [-0.1, -0.05) is 24.3 Å². The Hall–Kier alpha value is -1.16. The van der Waals surface area contributed by atoms with Crippen molar-refractivity contribution in [2.24, 2.45) is 4.99 Å². The highest BCUT2D eigenvalue weighted by atomic mass is 127. The van der Waals surface area contributed by atoms with Gasteiger partial charge in [0.1, 0.15) is 0 Å². The average molecular weight is 489 g/mol. The molecule has 2 rings (SSSR count). The van der Waals surface area contributed by atoms with Crippen molar-refractivity contribution in [3.05, 3.63) is 57.8 Å². The molecule has 1 aromatic heterocycles. The molecule has 5 nitrogen and oxygen atoms in total. The number of hydrogen-bond donors (Lipinski definition) is 2. The molecular formula is C19H28IN3O2S. The standard InChI is InChI=1S/C19H27N3O2S.HI/c1-3-23-8-9-24-14-17-6-4-5-16(11-17)12-21-19(20-2)22-13-18-7-10-25-15-18;/h4-7,10-11,15H,3,8-9,12-14H2,1-2H3,(H2,20,21,22);1H. The Bertz CT molecular complexity index is 635. The summed E-state index contributed by atoms with van der Waals surface area (Å²) in [6.07, 6.45) is 0. The molecule has 1 aromatic carbocycles. The Morgan fingerprint density at radius 3 is 2.46 bits per heavy atom. The molecule has 0 spiro atoms. The Morgan fingerprint density at radius 1 is 1.04 bits per heavy atom. The van der Waals surface area contributed by atoms with E-state index >= 15 is 0 Å². The van der Waals surface area contributed by atoms with E-state index in [0.717, 1.165) is 31.2 Å². The van der Waals surface area contributed by atoms with Crippen LogP contribution >= 0.6 is 35.3 Å². The molecule has 0 saturated carbocycles. The molecule has 0 aliphatic carbocycles. The Morgan fingerprint density at radius 2 is 1.77 bits per heavy atom. The number of benzene rings is 1.